The maximum atomic E-state index is 12.6. The van der Waals surface area contributed by atoms with Crippen molar-refractivity contribution in [3.8, 4) is 11.5 Å². The van der Waals surface area contributed by atoms with Crippen molar-refractivity contribution in [2.75, 3.05) is 11.4 Å². The molecule has 0 spiro atoms. The van der Waals surface area contributed by atoms with Crippen molar-refractivity contribution in [3.05, 3.63) is 52.7 Å². The fraction of sp³-hybridized carbons (Fsp3) is 0.250. The monoisotopic (exact) mass is 365 g/mol. The number of carbonyl (C=O) groups is 1. The van der Waals surface area contributed by atoms with Gasteiger partial charge in [-0.3, -0.25) is 4.79 Å². The van der Waals surface area contributed by atoms with E-state index in [0.29, 0.717) is 0 Å². The first-order chi connectivity index (χ1) is 12.5. The fourth-order valence-electron chi connectivity index (χ4n) is 2.64. The number of benzene rings is 1. The summed E-state index contributed by atoms with van der Waals surface area (Å²) in [6.07, 6.45) is 0.483. The highest BCUT2D eigenvalue weighted by atomic mass is 19.3. The molecule has 0 bridgehead atoms. The van der Waals surface area contributed by atoms with Gasteiger partial charge in [0.05, 0.1) is 5.69 Å². The van der Waals surface area contributed by atoms with E-state index in [1.807, 2.05) is 0 Å². The first-order valence-electron chi connectivity index (χ1n) is 7.58. The van der Waals surface area contributed by atoms with Crippen LogP contribution in [0.15, 0.2) is 42.6 Å². The molecule has 1 fully saturated rings. The van der Waals surface area contributed by atoms with Gasteiger partial charge in [0.2, 0.25) is 5.75 Å². The van der Waals surface area contributed by atoms with Crippen molar-refractivity contribution in [2.24, 2.45) is 0 Å². The van der Waals surface area contributed by atoms with Gasteiger partial charge in [0.25, 0.3) is 5.91 Å². The van der Waals surface area contributed by atoms with E-state index in [1.54, 1.807) is 6.07 Å². The molecule has 2 aromatic rings. The summed E-state index contributed by atoms with van der Waals surface area (Å²) in [5, 5.41) is 11.0. The van der Waals surface area contributed by atoms with Gasteiger partial charge in [-0.05, 0) is 34.2 Å². The van der Waals surface area contributed by atoms with E-state index in [4.69, 9.17) is 4.74 Å². The highest BCUT2D eigenvalue weighted by Gasteiger charge is 2.37. The predicted octanol–water partition coefficient (Wildman–Crippen LogP) is 2.78. The minimum absolute atomic E-state index is 0.130. The van der Waals surface area contributed by atoms with E-state index in [-0.39, 0.29) is 30.2 Å². The molecule has 3 rings (SSSR count). The SMILES string of the molecule is O=C1[C@H](Oc2cccnc2[N+](=O)[O-])CCN1c1ccccc1OC(F)F. The Labute approximate surface area is 146 Å². The van der Waals surface area contributed by atoms with Gasteiger partial charge >= 0.3 is 12.4 Å². The summed E-state index contributed by atoms with van der Waals surface area (Å²) in [5.74, 6) is -1.27. The van der Waals surface area contributed by atoms with Gasteiger partial charge in [0, 0.05) is 13.0 Å². The zero-order valence-corrected chi connectivity index (χ0v) is 13.2. The minimum atomic E-state index is -3.03. The highest BCUT2D eigenvalue weighted by Crippen LogP contribution is 2.34. The van der Waals surface area contributed by atoms with Crippen molar-refractivity contribution in [1.29, 1.82) is 0 Å². The second-order valence-corrected chi connectivity index (χ2v) is 5.31. The molecule has 1 aliphatic rings. The number of anilines is 1. The Morgan fingerprint density at radius 1 is 1.23 bits per heavy atom. The van der Waals surface area contributed by atoms with Crippen LogP contribution in [0.25, 0.3) is 0 Å². The number of amides is 1. The van der Waals surface area contributed by atoms with Crippen LogP contribution < -0.4 is 14.4 Å². The lowest BCUT2D eigenvalue weighted by Gasteiger charge is -2.20. The molecular weight excluding hydrogens is 352 g/mol. The number of halogens is 2. The standard InChI is InChI=1S/C16H13F2N3O5/c17-16(18)26-11-5-2-1-4-10(11)20-9-7-13(15(20)22)25-12-6-3-8-19-14(12)21(23)24/h1-6,8,13,16H,7,9H2/t13-/m1/s1. The lowest BCUT2D eigenvalue weighted by atomic mass is 10.2. The Kier molecular flexibility index (Phi) is 4.92. The molecule has 10 heteroatoms. The van der Waals surface area contributed by atoms with E-state index in [1.165, 1.54) is 41.4 Å². The fourth-order valence-corrected chi connectivity index (χ4v) is 2.64. The Balaban J connectivity index is 1.81. The van der Waals surface area contributed by atoms with Crippen LogP contribution in [0.4, 0.5) is 20.3 Å². The number of para-hydroxylation sites is 2. The average molecular weight is 365 g/mol. The van der Waals surface area contributed by atoms with Crippen LogP contribution >= 0.6 is 0 Å². The van der Waals surface area contributed by atoms with Gasteiger partial charge < -0.3 is 24.5 Å². The lowest BCUT2D eigenvalue weighted by Crippen LogP contribution is -2.32. The van der Waals surface area contributed by atoms with E-state index < -0.39 is 29.4 Å². The summed E-state index contributed by atoms with van der Waals surface area (Å²) in [7, 11) is 0. The zero-order chi connectivity index (χ0) is 18.7. The van der Waals surface area contributed by atoms with Crippen LogP contribution in [0.1, 0.15) is 6.42 Å². The molecule has 0 saturated carbocycles. The first-order valence-corrected chi connectivity index (χ1v) is 7.58. The molecule has 136 valence electrons. The molecule has 1 aromatic heterocycles. The lowest BCUT2D eigenvalue weighted by molar-refractivity contribution is -0.390. The number of nitrogens with zero attached hydrogens (tertiary/aromatic N) is 3. The molecule has 1 atom stereocenters. The van der Waals surface area contributed by atoms with Crippen LogP contribution in [0.3, 0.4) is 0 Å². The van der Waals surface area contributed by atoms with Crippen LogP contribution in [0.5, 0.6) is 11.5 Å². The van der Waals surface area contributed by atoms with Gasteiger partial charge in [-0.1, -0.05) is 12.1 Å². The van der Waals surface area contributed by atoms with Gasteiger partial charge in [-0.15, -0.1) is 0 Å². The molecular formula is C16H13F2N3O5. The zero-order valence-electron chi connectivity index (χ0n) is 13.2. The molecule has 1 saturated heterocycles. The van der Waals surface area contributed by atoms with E-state index in [2.05, 4.69) is 9.72 Å². The largest absolute Gasteiger partial charge is 0.472 e. The third-order valence-electron chi connectivity index (χ3n) is 3.72. The summed E-state index contributed by atoms with van der Waals surface area (Å²) >= 11 is 0. The van der Waals surface area contributed by atoms with Gasteiger partial charge in [0.1, 0.15) is 11.9 Å². The molecule has 1 aliphatic heterocycles. The number of alkyl halides is 2. The van der Waals surface area contributed by atoms with Gasteiger partial charge in [-0.25, -0.2) is 0 Å². The third kappa shape index (κ3) is 3.53. The van der Waals surface area contributed by atoms with Crippen molar-refractivity contribution >= 4 is 17.4 Å². The summed E-state index contributed by atoms with van der Waals surface area (Å²) in [6.45, 7) is -2.83. The van der Waals surface area contributed by atoms with Gasteiger partial charge in [0.15, 0.2) is 6.10 Å². The molecule has 1 amide bonds. The van der Waals surface area contributed by atoms with Crippen molar-refractivity contribution in [2.45, 2.75) is 19.1 Å². The Morgan fingerprint density at radius 2 is 1.96 bits per heavy atom. The molecule has 0 aliphatic carbocycles. The third-order valence-corrected chi connectivity index (χ3v) is 3.72. The van der Waals surface area contributed by atoms with Crippen LogP contribution in [0.2, 0.25) is 0 Å². The van der Waals surface area contributed by atoms with Crippen LogP contribution in [-0.4, -0.2) is 35.1 Å². The Hall–Kier alpha value is -3.30. The smallest absolute Gasteiger partial charge is 0.406 e. The average Bonchev–Trinajstić information content (AvgIpc) is 2.96. The highest BCUT2D eigenvalue weighted by molar-refractivity contribution is 6.00. The molecule has 0 radical (unpaired) electrons. The van der Waals surface area contributed by atoms with Crippen molar-refractivity contribution < 1.29 is 28.0 Å². The number of nitro groups is 1. The summed E-state index contributed by atoms with van der Waals surface area (Å²) in [6, 6.07) is 8.69. The van der Waals surface area contributed by atoms with E-state index in [9.17, 15) is 23.7 Å². The number of ether oxygens (including phenoxy) is 2. The normalized spacial score (nSPS) is 16.8. The van der Waals surface area contributed by atoms with E-state index >= 15 is 0 Å². The molecule has 2 heterocycles. The summed E-state index contributed by atoms with van der Waals surface area (Å²) in [5.41, 5.74) is 0.185. The number of rotatable bonds is 6. The van der Waals surface area contributed by atoms with Crippen LogP contribution in [-0.2, 0) is 4.79 Å². The predicted molar refractivity (Wildman–Crippen MR) is 85.4 cm³/mol. The number of hydrogen-bond donors (Lipinski definition) is 0. The molecule has 1 aromatic carbocycles. The quantitative estimate of drug-likeness (QED) is 0.577. The molecule has 0 unspecified atom stereocenters. The second kappa shape index (κ2) is 7.30. The number of pyridine rings is 1. The van der Waals surface area contributed by atoms with Crippen molar-refractivity contribution in [3.63, 3.8) is 0 Å². The second-order valence-electron chi connectivity index (χ2n) is 5.31. The van der Waals surface area contributed by atoms with E-state index in [0.717, 1.165) is 0 Å². The molecule has 0 N–H and O–H groups in total. The Morgan fingerprint density at radius 3 is 2.69 bits per heavy atom. The Bertz CT molecular complexity index is 833. The van der Waals surface area contributed by atoms with Crippen LogP contribution in [0, 0.1) is 10.1 Å². The maximum absolute atomic E-state index is 12.6. The first kappa shape index (κ1) is 17.5. The number of carbonyl (C=O) groups excluding carboxylic acids is 1. The molecule has 8 nitrogen and oxygen atoms in total. The topological polar surface area (TPSA) is 94.8 Å². The minimum Gasteiger partial charge on any atom is -0.472 e. The summed E-state index contributed by atoms with van der Waals surface area (Å²) in [4.78, 5) is 27.7. The van der Waals surface area contributed by atoms with Crippen molar-refractivity contribution in [1.82, 2.24) is 4.98 Å². The number of hydrogen-bond acceptors (Lipinski definition) is 6. The number of aromatic nitrogens is 1. The van der Waals surface area contributed by atoms with Gasteiger partial charge in [-0.2, -0.15) is 8.78 Å². The summed E-state index contributed by atoms with van der Waals surface area (Å²) < 4.78 is 35.0. The maximum Gasteiger partial charge on any atom is 0.406 e. The molecule has 26 heavy (non-hydrogen) atoms.